The fraction of sp³-hybridized carbons (Fsp3) is 0.0870. The Bertz CT molecular complexity index is 1390. The smallest absolute Gasteiger partial charge is 0.261 e. The van der Waals surface area contributed by atoms with E-state index < -0.39 is 0 Å². The molecule has 0 radical (unpaired) electrons. The van der Waals surface area contributed by atoms with Gasteiger partial charge in [0.15, 0.2) is 0 Å². The van der Waals surface area contributed by atoms with Crippen LogP contribution in [0.15, 0.2) is 83.9 Å². The summed E-state index contributed by atoms with van der Waals surface area (Å²) in [6, 6.07) is 23.2. The molecule has 0 aliphatic carbocycles. The third-order valence-electron chi connectivity index (χ3n) is 5.02. The Morgan fingerprint density at radius 2 is 1.66 bits per heavy atom. The van der Waals surface area contributed by atoms with Crippen LogP contribution >= 0.6 is 11.6 Å². The molecule has 5 nitrogen and oxygen atoms in total. The van der Waals surface area contributed by atoms with Crippen molar-refractivity contribution >= 4 is 33.5 Å². The number of hydrogen-bond donors (Lipinski definition) is 0. The number of rotatable bonds is 4. The van der Waals surface area contributed by atoms with Crippen molar-refractivity contribution in [3.8, 4) is 0 Å². The van der Waals surface area contributed by atoms with E-state index in [-0.39, 0.29) is 5.56 Å². The standard InChI is InChI=1S/C23H17ClN4O/c24-17-10-11-21-20(12-17)26-22(28(21)13-16-6-2-1-3-7-16)14-27-15-25-19-9-5-4-8-18(19)23(27)29/h1-12,15H,13-14H2. The molecule has 0 unspecified atom stereocenters. The predicted molar refractivity (Wildman–Crippen MR) is 115 cm³/mol. The van der Waals surface area contributed by atoms with Crippen molar-refractivity contribution in [3.05, 3.63) is 106 Å². The molecule has 0 saturated carbocycles. The Kier molecular flexibility index (Phi) is 4.37. The molecule has 0 fully saturated rings. The number of hydrogen-bond acceptors (Lipinski definition) is 3. The van der Waals surface area contributed by atoms with E-state index in [0.29, 0.717) is 29.0 Å². The van der Waals surface area contributed by atoms with Crippen LogP contribution in [0.5, 0.6) is 0 Å². The van der Waals surface area contributed by atoms with Crippen LogP contribution in [0.1, 0.15) is 11.4 Å². The highest BCUT2D eigenvalue weighted by Crippen LogP contribution is 2.22. The summed E-state index contributed by atoms with van der Waals surface area (Å²) < 4.78 is 3.73. The van der Waals surface area contributed by atoms with Crippen molar-refractivity contribution in [2.45, 2.75) is 13.1 Å². The van der Waals surface area contributed by atoms with Crippen LogP contribution in [-0.4, -0.2) is 19.1 Å². The minimum Gasteiger partial charge on any atom is -0.322 e. The van der Waals surface area contributed by atoms with Gasteiger partial charge in [-0.25, -0.2) is 9.97 Å². The van der Waals surface area contributed by atoms with Crippen LogP contribution in [0.2, 0.25) is 5.02 Å². The first-order chi connectivity index (χ1) is 14.2. The van der Waals surface area contributed by atoms with Crippen LogP contribution in [0.3, 0.4) is 0 Å². The lowest BCUT2D eigenvalue weighted by molar-refractivity contribution is 0.657. The van der Waals surface area contributed by atoms with Crippen molar-refractivity contribution < 1.29 is 0 Å². The number of nitrogens with zero attached hydrogens (tertiary/aromatic N) is 4. The fourth-order valence-corrected chi connectivity index (χ4v) is 3.75. The van der Waals surface area contributed by atoms with Crippen molar-refractivity contribution in [1.82, 2.24) is 19.1 Å². The molecule has 0 aliphatic heterocycles. The number of halogens is 1. The van der Waals surface area contributed by atoms with Gasteiger partial charge in [-0.2, -0.15) is 0 Å². The molecular weight excluding hydrogens is 384 g/mol. The van der Waals surface area contributed by atoms with Crippen LogP contribution < -0.4 is 5.56 Å². The predicted octanol–water partition coefficient (Wildman–Crippen LogP) is 4.50. The molecule has 0 atom stereocenters. The molecule has 0 aliphatic rings. The second kappa shape index (κ2) is 7.18. The lowest BCUT2D eigenvalue weighted by Gasteiger charge is -2.11. The van der Waals surface area contributed by atoms with Crippen LogP contribution in [-0.2, 0) is 13.1 Å². The van der Waals surface area contributed by atoms with Crippen molar-refractivity contribution in [1.29, 1.82) is 0 Å². The van der Waals surface area contributed by atoms with E-state index in [4.69, 9.17) is 16.6 Å². The molecule has 2 heterocycles. The van der Waals surface area contributed by atoms with Crippen LogP contribution in [0, 0.1) is 0 Å². The van der Waals surface area contributed by atoms with Gasteiger partial charge in [-0.05, 0) is 35.9 Å². The van der Waals surface area contributed by atoms with E-state index in [1.165, 1.54) is 0 Å². The molecule has 0 amide bonds. The molecule has 0 N–H and O–H groups in total. The van der Waals surface area contributed by atoms with Gasteiger partial charge < -0.3 is 4.57 Å². The summed E-state index contributed by atoms with van der Waals surface area (Å²) >= 11 is 6.18. The second-order valence-corrected chi connectivity index (χ2v) is 7.36. The highest BCUT2D eigenvalue weighted by Gasteiger charge is 2.14. The Morgan fingerprint density at radius 1 is 0.862 bits per heavy atom. The minimum atomic E-state index is -0.0769. The first-order valence-corrected chi connectivity index (χ1v) is 9.69. The zero-order chi connectivity index (χ0) is 19.8. The SMILES string of the molecule is O=c1c2ccccc2ncn1Cc1nc2cc(Cl)ccc2n1Cc1ccccc1. The van der Waals surface area contributed by atoms with E-state index in [1.807, 2.05) is 54.6 Å². The molecule has 5 aromatic rings. The zero-order valence-corrected chi connectivity index (χ0v) is 16.3. The average Bonchev–Trinajstić information content (AvgIpc) is 3.07. The molecular formula is C23H17ClN4O. The molecule has 0 bridgehead atoms. The molecule has 142 valence electrons. The lowest BCUT2D eigenvalue weighted by Crippen LogP contribution is -2.23. The zero-order valence-electron chi connectivity index (χ0n) is 15.5. The Balaban J connectivity index is 1.63. The summed E-state index contributed by atoms with van der Waals surface area (Å²) in [6.45, 7) is 0.986. The average molecular weight is 401 g/mol. The molecule has 0 spiro atoms. The number of fused-ring (bicyclic) bond motifs is 2. The quantitative estimate of drug-likeness (QED) is 0.446. The summed E-state index contributed by atoms with van der Waals surface area (Å²) in [5.74, 6) is 0.783. The first-order valence-electron chi connectivity index (χ1n) is 9.32. The summed E-state index contributed by atoms with van der Waals surface area (Å²) in [7, 11) is 0. The Morgan fingerprint density at radius 3 is 2.52 bits per heavy atom. The van der Waals surface area contributed by atoms with Crippen LogP contribution in [0.25, 0.3) is 21.9 Å². The van der Waals surface area contributed by atoms with Gasteiger partial charge in [0.05, 0.1) is 34.8 Å². The van der Waals surface area contributed by atoms with Crippen molar-refractivity contribution in [2.75, 3.05) is 0 Å². The topological polar surface area (TPSA) is 52.7 Å². The summed E-state index contributed by atoms with van der Waals surface area (Å²) in [5, 5.41) is 1.24. The Hall–Kier alpha value is -3.44. The van der Waals surface area contributed by atoms with E-state index in [0.717, 1.165) is 22.4 Å². The Labute approximate surface area is 171 Å². The highest BCUT2D eigenvalue weighted by atomic mass is 35.5. The highest BCUT2D eigenvalue weighted by molar-refractivity contribution is 6.31. The molecule has 0 saturated heterocycles. The largest absolute Gasteiger partial charge is 0.322 e. The lowest BCUT2D eigenvalue weighted by atomic mass is 10.2. The number of benzene rings is 3. The molecule has 3 aromatic carbocycles. The van der Waals surface area contributed by atoms with E-state index in [2.05, 4.69) is 21.7 Å². The van der Waals surface area contributed by atoms with Gasteiger partial charge in [-0.1, -0.05) is 54.1 Å². The summed E-state index contributed by atoms with van der Waals surface area (Å²) in [4.78, 5) is 22.1. The van der Waals surface area contributed by atoms with Gasteiger partial charge >= 0.3 is 0 Å². The molecule has 29 heavy (non-hydrogen) atoms. The van der Waals surface area contributed by atoms with Gasteiger partial charge in [0.25, 0.3) is 5.56 Å². The third-order valence-corrected chi connectivity index (χ3v) is 5.25. The number of para-hydroxylation sites is 1. The maximum absolute atomic E-state index is 12.9. The third kappa shape index (κ3) is 3.30. The van der Waals surface area contributed by atoms with Gasteiger partial charge in [-0.15, -0.1) is 0 Å². The first kappa shape index (κ1) is 17.6. The van der Waals surface area contributed by atoms with Crippen molar-refractivity contribution in [3.63, 3.8) is 0 Å². The second-order valence-electron chi connectivity index (χ2n) is 6.93. The van der Waals surface area contributed by atoms with E-state index in [9.17, 15) is 4.79 Å². The fourth-order valence-electron chi connectivity index (χ4n) is 3.59. The van der Waals surface area contributed by atoms with E-state index in [1.54, 1.807) is 17.0 Å². The van der Waals surface area contributed by atoms with Crippen molar-refractivity contribution in [2.24, 2.45) is 0 Å². The number of imidazole rings is 1. The van der Waals surface area contributed by atoms with Crippen LogP contribution in [0.4, 0.5) is 0 Å². The monoisotopic (exact) mass is 400 g/mol. The van der Waals surface area contributed by atoms with E-state index >= 15 is 0 Å². The summed E-state index contributed by atoms with van der Waals surface area (Å²) in [5.41, 5.74) is 3.57. The maximum atomic E-state index is 12.9. The van der Waals surface area contributed by atoms with Gasteiger partial charge in [0.1, 0.15) is 5.82 Å². The maximum Gasteiger partial charge on any atom is 0.261 e. The molecule has 2 aromatic heterocycles. The van der Waals surface area contributed by atoms with Gasteiger partial charge in [0.2, 0.25) is 0 Å². The number of aromatic nitrogens is 4. The normalized spacial score (nSPS) is 11.3. The minimum absolute atomic E-state index is 0.0769. The van der Waals surface area contributed by atoms with Gasteiger partial charge in [-0.3, -0.25) is 9.36 Å². The van der Waals surface area contributed by atoms with Gasteiger partial charge in [0, 0.05) is 11.6 Å². The molecule has 5 rings (SSSR count). The molecule has 6 heteroatoms. The summed E-state index contributed by atoms with van der Waals surface area (Å²) in [6.07, 6.45) is 1.59.